The van der Waals surface area contributed by atoms with Crippen LogP contribution in [0, 0.1) is 5.92 Å². The van der Waals surface area contributed by atoms with E-state index in [1.54, 1.807) is 6.07 Å². The standard InChI is InChI=1S/C16H19ClO2/c1-10(2)11-8-14(18)15(19)16(3,9-11)12-6-4-5-7-13(12)17/h4-7,11,14,18H,1,8-9H2,2-3H3/t11-,14+,16-/m1/s1. The van der Waals surface area contributed by atoms with Crippen molar-refractivity contribution in [1.29, 1.82) is 0 Å². The Labute approximate surface area is 119 Å². The maximum Gasteiger partial charge on any atom is 0.171 e. The molecule has 1 aliphatic carbocycles. The molecular weight excluding hydrogens is 260 g/mol. The highest BCUT2D eigenvalue weighted by Crippen LogP contribution is 2.43. The predicted molar refractivity (Wildman–Crippen MR) is 77.4 cm³/mol. The Morgan fingerprint density at radius 3 is 2.68 bits per heavy atom. The summed E-state index contributed by atoms with van der Waals surface area (Å²) < 4.78 is 0. The molecule has 0 saturated heterocycles. The van der Waals surface area contributed by atoms with E-state index in [0.29, 0.717) is 17.9 Å². The Balaban J connectivity index is 2.47. The van der Waals surface area contributed by atoms with Gasteiger partial charge in [-0.05, 0) is 44.2 Å². The van der Waals surface area contributed by atoms with E-state index in [4.69, 9.17) is 11.6 Å². The molecule has 102 valence electrons. The number of benzene rings is 1. The largest absolute Gasteiger partial charge is 0.385 e. The number of carbonyl (C=O) groups excluding carboxylic acids is 1. The van der Waals surface area contributed by atoms with Gasteiger partial charge in [0.15, 0.2) is 5.78 Å². The fourth-order valence-electron chi connectivity index (χ4n) is 2.95. The lowest BCUT2D eigenvalue weighted by atomic mass is 9.64. The predicted octanol–water partition coefficient (Wildman–Crippen LogP) is 3.51. The van der Waals surface area contributed by atoms with Crippen LogP contribution in [0.5, 0.6) is 0 Å². The maximum atomic E-state index is 12.4. The molecule has 0 aliphatic heterocycles. The molecule has 1 fully saturated rings. The Morgan fingerprint density at radius 1 is 1.47 bits per heavy atom. The number of allylic oxidation sites excluding steroid dienone is 1. The van der Waals surface area contributed by atoms with Gasteiger partial charge >= 0.3 is 0 Å². The lowest BCUT2D eigenvalue weighted by Crippen LogP contribution is -2.47. The first kappa shape index (κ1) is 14.3. The summed E-state index contributed by atoms with van der Waals surface area (Å²) in [6.45, 7) is 7.78. The van der Waals surface area contributed by atoms with E-state index in [-0.39, 0.29) is 11.7 Å². The minimum atomic E-state index is -0.934. The molecule has 1 saturated carbocycles. The first-order chi connectivity index (χ1) is 8.86. The van der Waals surface area contributed by atoms with Crippen molar-refractivity contribution in [2.45, 2.75) is 38.2 Å². The van der Waals surface area contributed by atoms with Crippen LogP contribution in [0.1, 0.15) is 32.3 Å². The smallest absolute Gasteiger partial charge is 0.171 e. The van der Waals surface area contributed by atoms with Crippen LogP contribution in [0.4, 0.5) is 0 Å². The zero-order valence-corrected chi connectivity index (χ0v) is 12.1. The van der Waals surface area contributed by atoms with Gasteiger partial charge in [-0.2, -0.15) is 0 Å². The van der Waals surface area contributed by atoms with Gasteiger partial charge in [0.1, 0.15) is 6.10 Å². The number of aliphatic hydroxyl groups is 1. The molecule has 0 amide bonds. The summed E-state index contributed by atoms with van der Waals surface area (Å²) in [5.74, 6) is 0.00655. The number of carbonyl (C=O) groups is 1. The Kier molecular flexibility index (Phi) is 3.84. The van der Waals surface area contributed by atoms with E-state index in [0.717, 1.165) is 11.1 Å². The highest BCUT2D eigenvalue weighted by molar-refractivity contribution is 6.31. The Hall–Kier alpha value is -1.12. The zero-order valence-electron chi connectivity index (χ0n) is 11.3. The van der Waals surface area contributed by atoms with E-state index < -0.39 is 11.5 Å². The quantitative estimate of drug-likeness (QED) is 0.841. The van der Waals surface area contributed by atoms with Crippen molar-refractivity contribution < 1.29 is 9.90 Å². The molecule has 3 atom stereocenters. The monoisotopic (exact) mass is 278 g/mol. The zero-order chi connectivity index (χ0) is 14.2. The number of ketones is 1. The molecule has 0 heterocycles. The lowest BCUT2D eigenvalue weighted by Gasteiger charge is -2.40. The van der Waals surface area contributed by atoms with Crippen molar-refractivity contribution in [1.82, 2.24) is 0 Å². The second-order valence-electron chi connectivity index (χ2n) is 5.68. The average molecular weight is 279 g/mol. The van der Waals surface area contributed by atoms with Crippen molar-refractivity contribution in [3.8, 4) is 0 Å². The number of halogens is 1. The third-order valence-corrected chi connectivity index (χ3v) is 4.50. The van der Waals surface area contributed by atoms with Crippen LogP contribution in [0.25, 0.3) is 0 Å². The van der Waals surface area contributed by atoms with Gasteiger partial charge in [0.05, 0.1) is 5.41 Å². The molecule has 1 aromatic carbocycles. The molecule has 0 bridgehead atoms. The Bertz CT molecular complexity index is 523. The van der Waals surface area contributed by atoms with E-state index in [1.807, 2.05) is 32.0 Å². The fraction of sp³-hybridized carbons (Fsp3) is 0.438. The maximum absolute atomic E-state index is 12.4. The molecule has 19 heavy (non-hydrogen) atoms. The number of aliphatic hydroxyl groups excluding tert-OH is 1. The molecule has 2 rings (SSSR count). The normalized spacial score (nSPS) is 31.3. The molecule has 1 aliphatic rings. The van der Waals surface area contributed by atoms with Gasteiger partial charge in [-0.1, -0.05) is 42.0 Å². The molecule has 3 heteroatoms. The van der Waals surface area contributed by atoms with Crippen molar-refractivity contribution in [2.24, 2.45) is 5.92 Å². The van der Waals surface area contributed by atoms with Gasteiger partial charge in [-0.25, -0.2) is 0 Å². The molecule has 1 aromatic rings. The minimum absolute atomic E-state index is 0.141. The summed E-state index contributed by atoms with van der Waals surface area (Å²) in [6.07, 6.45) is 0.188. The second-order valence-corrected chi connectivity index (χ2v) is 6.08. The van der Waals surface area contributed by atoms with Crippen LogP contribution in [0.15, 0.2) is 36.4 Å². The minimum Gasteiger partial charge on any atom is -0.385 e. The van der Waals surface area contributed by atoms with Gasteiger partial charge in [-0.3, -0.25) is 4.79 Å². The molecule has 2 nitrogen and oxygen atoms in total. The fourth-order valence-corrected chi connectivity index (χ4v) is 3.29. The van der Waals surface area contributed by atoms with Crippen LogP contribution in [-0.4, -0.2) is 17.0 Å². The number of hydrogen-bond donors (Lipinski definition) is 1. The summed E-state index contributed by atoms with van der Waals surface area (Å²) in [7, 11) is 0. The number of Topliss-reactive ketones (excluding diaryl/α,β-unsaturated/α-hetero) is 1. The van der Waals surface area contributed by atoms with Crippen molar-refractivity contribution in [2.75, 3.05) is 0 Å². The molecule has 1 N–H and O–H groups in total. The van der Waals surface area contributed by atoms with Gasteiger partial charge in [0, 0.05) is 5.02 Å². The molecule has 0 aromatic heterocycles. The molecule has 0 unspecified atom stereocenters. The van der Waals surface area contributed by atoms with Crippen LogP contribution in [0.2, 0.25) is 5.02 Å². The van der Waals surface area contributed by atoms with Crippen LogP contribution in [0.3, 0.4) is 0 Å². The van der Waals surface area contributed by atoms with E-state index >= 15 is 0 Å². The average Bonchev–Trinajstić information content (AvgIpc) is 2.35. The SMILES string of the molecule is C=C(C)[C@@H]1C[C@H](O)C(=O)[C@@](C)(c2ccccc2Cl)C1. The summed E-state index contributed by atoms with van der Waals surface area (Å²) in [5, 5.41) is 10.6. The summed E-state index contributed by atoms with van der Waals surface area (Å²) in [4.78, 5) is 12.4. The van der Waals surface area contributed by atoms with E-state index in [1.165, 1.54) is 0 Å². The van der Waals surface area contributed by atoms with Gasteiger partial charge in [0.25, 0.3) is 0 Å². The van der Waals surface area contributed by atoms with Gasteiger partial charge in [0.2, 0.25) is 0 Å². The first-order valence-corrected chi connectivity index (χ1v) is 6.87. The summed E-state index contributed by atoms with van der Waals surface area (Å²) in [5.41, 5.74) is 1.07. The number of rotatable bonds is 2. The van der Waals surface area contributed by atoms with Crippen LogP contribution >= 0.6 is 11.6 Å². The Morgan fingerprint density at radius 2 is 2.11 bits per heavy atom. The molecule has 0 spiro atoms. The van der Waals surface area contributed by atoms with E-state index in [9.17, 15) is 9.90 Å². The van der Waals surface area contributed by atoms with Crippen molar-refractivity contribution >= 4 is 17.4 Å². The van der Waals surface area contributed by atoms with Gasteiger partial charge in [-0.15, -0.1) is 0 Å². The third-order valence-electron chi connectivity index (χ3n) is 4.17. The lowest BCUT2D eigenvalue weighted by molar-refractivity contribution is -0.137. The van der Waals surface area contributed by atoms with Crippen LogP contribution < -0.4 is 0 Å². The summed E-state index contributed by atoms with van der Waals surface area (Å²) >= 11 is 6.23. The van der Waals surface area contributed by atoms with Crippen LogP contribution in [-0.2, 0) is 10.2 Å². The highest BCUT2D eigenvalue weighted by atomic mass is 35.5. The third kappa shape index (κ3) is 2.47. The molecular formula is C16H19ClO2. The second kappa shape index (κ2) is 5.10. The first-order valence-electron chi connectivity index (χ1n) is 6.49. The number of hydrogen-bond acceptors (Lipinski definition) is 2. The van der Waals surface area contributed by atoms with Gasteiger partial charge < -0.3 is 5.11 Å². The van der Waals surface area contributed by atoms with E-state index in [2.05, 4.69) is 6.58 Å². The highest BCUT2D eigenvalue weighted by Gasteiger charge is 2.46. The van der Waals surface area contributed by atoms with Crippen molar-refractivity contribution in [3.05, 3.63) is 47.0 Å². The summed E-state index contributed by atoms with van der Waals surface area (Å²) in [6, 6.07) is 7.37. The van der Waals surface area contributed by atoms with Crippen molar-refractivity contribution in [3.63, 3.8) is 0 Å². The molecule has 0 radical (unpaired) electrons. The topological polar surface area (TPSA) is 37.3 Å².